The van der Waals surface area contributed by atoms with Crippen molar-refractivity contribution in [2.45, 2.75) is 0 Å². The fourth-order valence-electron chi connectivity index (χ4n) is 2.06. The molecule has 0 aliphatic heterocycles. The van der Waals surface area contributed by atoms with Crippen molar-refractivity contribution in [3.63, 3.8) is 0 Å². The highest BCUT2D eigenvalue weighted by Crippen LogP contribution is 2.26. The Balaban J connectivity index is 1.83. The molecule has 3 aromatic rings. The van der Waals surface area contributed by atoms with E-state index in [4.69, 9.17) is 9.52 Å². The first kappa shape index (κ1) is 15.0. The Kier molecular flexibility index (Phi) is 4.20. The largest absolute Gasteiger partial charge is 0.436 e. The number of aromatic nitrogens is 1. The third-order valence-corrected chi connectivity index (χ3v) is 3.13. The summed E-state index contributed by atoms with van der Waals surface area (Å²) in [7, 11) is 0. The Morgan fingerprint density at radius 2 is 2.00 bits per heavy atom. The number of hydrogen-bond acceptors (Lipinski definition) is 4. The van der Waals surface area contributed by atoms with Crippen molar-refractivity contribution >= 4 is 22.8 Å². The summed E-state index contributed by atoms with van der Waals surface area (Å²) in [6.07, 6.45) is 0. The first-order valence-electron chi connectivity index (χ1n) is 6.98. The first-order chi connectivity index (χ1) is 11.2. The lowest BCUT2D eigenvalue weighted by molar-refractivity contribution is 0.245. The van der Waals surface area contributed by atoms with Gasteiger partial charge in [0.2, 0.25) is 5.89 Å². The molecule has 7 heteroatoms. The van der Waals surface area contributed by atoms with E-state index in [9.17, 15) is 9.18 Å². The second-order valence-corrected chi connectivity index (χ2v) is 4.81. The fourth-order valence-corrected chi connectivity index (χ4v) is 2.06. The average Bonchev–Trinajstić information content (AvgIpc) is 2.96. The number of nitrogens with one attached hydrogen (secondary N) is 2. The van der Waals surface area contributed by atoms with Gasteiger partial charge >= 0.3 is 6.03 Å². The Labute approximate surface area is 130 Å². The molecule has 0 atom stereocenters. The highest BCUT2D eigenvalue weighted by Gasteiger charge is 2.10. The summed E-state index contributed by atoms with van der Waals surface area (Å²) >= 11 is 0. The molecule has 23 heavy (non-hydrogen) atoms. The topological polar surface area (TPSA) is 87.4 Å². The summed E-state index contributed by atoms with van der Waals surface area (Å²) < 4.78 is 18.6. The van der Waals surface area contributed by atoms with Crippen LogP contribution in [0.25, 0.3) is 22.6 Å². The van der Waals surface area contributed by atoms with E-state index in [1.54, 1.807) is 30.3 Å². The molecular formula is C16H14FN3O3. The van der Waals surface area contributed by atoms with Crippen molar-refractivity contribution < 1.29 is 18.7 Å². The third-order valence-electron chi connectivity index (χ3n) is 3.13. The van der Waals surface area contributed by atoms with Crippen LogP contribution in [0.2, 0.25) is 0 Å². The quantitative estimate of drug-likeness (QED) is 0.691. The van der Waals surface area contributed by atoms with Gasteiger partial charge in [-0.2, -0.15) is 0 Å². The van der Waals surface area contributed by atoms with Gasteiger partial charge in [0, 0.05) is 23.9 Å². The van der Waals surface area contributed by atoms with Gasteiger partial charge < -0.3 is 20.2 Å². The highest BCUT2D eigenvalue weighted by atomic mass is 19.1. The number of nitrogens with zero attached hydrogens (tertiary/aromatic N) is 1. The Bertz CT molecular complexity index is 830. The number of rotatable bonds is 4. The molecule has 3 N–H and O–H groups in total. The van der Waals surface area contributed by atoms with E-state index in [1.165, 1.54) is 12.1 Å². The molecule has 0 fully saturated rings. The zero-order chi connectivity index (χ0) is 16.2. The molecule has 0 saturated heterocycles. The summed E-state index contributed by atoms with van der Waals surface area (Å²) in [6, 6.07) is 10.5. The molecule has 118 valence electrons. The number of urea groups is 1. The van der Waals surface area contributed by atoms with E-state index < -0.39 is 6.03 Å². The van der Waals surface area contributed by atoms with Gasteiger partial charge in [0.05, 0.1) is 6.61 Å². The number of oxazole rings is 1. The number of amides is 2. The lowest BCUT2D eigenvalue weighted by atomic mass is 10.2. The van der Waals surface area contributed by atoms with Gasteiger partial charge in [-0.15, -0.1) is 0 Å². The summed E-state index contributed by atoms with van der Waals surface area (Å²) in [5, 5.41) is 13.8. The normalized spacial score (nSPS) is 10.7. The van der Waals surface area contributed by atoms with Crippen molar-refractivity contribution in [2.24, 2.45) is 0 Å². The number of aliphatic hydroxyl groups excluding tert-OH is 1. The van der Waals surface area contributed by atoms with E-state index in [-0.39, 0.29) is 19.0 Å². The van der Waals surface area contributed by atoms with Crippen LogP contribution in [0.15, 0.2) is 46.9 Å². The summed E-state index contributed by atoms with van der Waals surface area (Å²) in [4.78, 5) is 15.9. The molecule has 0 aliphatic carbocycles. The smallest absolute Gasteiger partial charge is 0.319 e. The zero-order valence-corrected chi connectivity index (χ0v) is 12.0. The molecule has 0 bridgehead atoms. The third kappa shape index (κ3) is 3.46. The number of anilines is 1. The number of aliphatic hydroxyl groups is 1. The molecule has 0 radical (unpaired) electrons. The number of carbonyl (C=O) groups is 1. The van der Waals surface area contributed by atoms with Crippen LogP contribution in [-0.2, 0) is 0 Å². The minimum atomic E-state index is -0.420. The molecule has 1 heterocycles. The molecule has 2 aromatic carbocycles. The van der Waals surface area contributed by atoms with Gasteiger partial charge in [0.1, 0.15) is 11.3 Å². The Morgan fingerprint density at radius 1 is 1.22 bits per heavy atom. The minimum Gasteiger partial charge on any atom is -0.436 e. The second-order valence-electron chi connectivity index (χ2n) is 4.81. The first-order valence-corrected chi connectivity index (χ1v) is 6.98. The molecule has 3 rings (SSSR count). The number of benzene rings is 2. The standard InChI is InChI=1S/C16H14FN3O3/c17-11-3-1-10(2-4-11)15-20-13-6-5-12(9-14(13)23-15)19-16(22)18-7-8-21/h1-6,9,21H,7-8H2,(H2,18,19,22). The monoisotopic (exact) mass is 315 g/mol. The molecular weight excluding hydrogens is 301 g/mol. The second kappa shape index (κ2) is 6.45. The van der Waals surface area contributed by atoms with E-state index >= 15 is 0 Å². The van der Waals surface area contributed by atoms with Crippen molar-refractivity contribution in [2.75, 3.05) is 18.5 Å². The van der Waals surface area contributed by atoms with Crippen LogP contribution in [0, 0.1) is 5.82 Å². The van der Waals surface area contributed by atoms with Crippen LogP contribution in [0.4, 0.5) is 14.9 Å². The molecule has 0 saturated carbocycles. The van der Waals surface area contributed by atoms with Crippen LogP contribution >= 0.6 is 0 Å². The summed E-state index contributed by atoms with van der Waals surface area (Å²) in [5.41, 5.74) is 2.34. The highest BCUT2D eigenvalue weighted by molar-refractivity contribution is 5.91. The predicted molar refractivity (Wildman–Crippen MR) is 83.5 cm³/mol. The maximum absolute atomic E-state index is 13.0. The number of fused-ring (bicyclic) bond motifs is 1. The van der Waals surface area contributed by atoms with Crippen LogP contribution in [-0.4, -0.2) is 29.3 Å². The average molecular weight is 315 g/mol. The van der Waals surface area contributed by atoms with E-state index in [1.807, 2.05) is 0 Å². The van der Waals surface area contributed by atoms with Crippen LogP contribution in [0.1, 0.15) is 0 Å². The van der Waals surface area contributed by atoms with Gasteiger partial charge in [-0.3, -0.25) is 0 Å². The van der Waals surface area contributed by atoms with Gasteiger partial charge in [-0.1, -0.05) is 0 Å². The van der Waals surface area contributed by atoms with E-state index in [0.717, 1.165) is 0 Å². The van der Waals surface area contributed by atoms with Crippen molar-refractivity contribution in [3.05, 3.63) is 48.3 Å². The summed E-state index contributed by atoms with van der Waals surface area (Å²) in [5.74, 6) is 0.0483. The summed E-state index contributed by atoms with van der Waals surface area (Å²) in [6.45, 7) is 0.0424. The van der Waals surface area contributed by atoms with Crippen molar-refractivity contribution in [3.8, 4) is 11.5 Å². The molecule has 1 aromatic heterocycles. The number of halogens is 1. The van der Waals surface area contributed by atoms with Gasteiger partial charge in [0.25, 0.3) is 0 Å². The fraction of sp³-hybridized carbons (Fsp3) is 0.125. The maximum Gasteiger partial charge on any atom is 0.319 e. The SMILES string of the molecule is O=C(NCCO)Nc1ccc2nc(-c3ccc(F)cc3)oc2c1. The van der Waals surface area contributed by atoms with Crippen LogP contribution in [0.5, 0.6) is 0 Å². The van der Waals surface area contributed by atoms with E-state index in [2.05, 4.69) is 15.6 Å². The van der Waals surface area contributed by atoms with Crippen molar-refractivity contribution in [1.82, 2.24) is 10.3 Å². The molecule has 0 aliphatic rings. The molecule has 0 spiro atoms. The molecule has 2 amide bonds. The number of hydrogen-bond donors (Lipinski definition) is 3. The Hall–Kier alpha value is -2.93. The zero-order valence-electron chi connectivity index (χ0n) is 12.0. The molecule has 0 unspecified atom stereocenters. The maximum atomic E-state index is 13.0. The van der Waals surface area contributed by atoms with Crippen LogP contribution < -0.4 is 10.6 Å². The van der Waals surface area contributed by atoms with Crippen molar-refractivity contribution in [1.29, 1.82) is 0 Å². The van der Waals surface area contributed by atoms with E-state index in [0.29, 0.717) is 28.2 Å². The lowest BCUT2D eigenvalue weighted by Gasteiger charge is -2.05. The van der Waals surface area contributed by atoms with Gasteiger partial charge in [-0.25, -0.2) is 14.2 Å². The minimum absolute atomic E-state index is 0.129. The predicted octanol–water partition coefficient (Wildman–Crippen LogP) is 2.75. The Morgan fingerprint density at radius 3 is 2.74 bits per heavy atom. The van der Waals surface area contributed by atoms with Gasteiger partial charge in [-0.05, 0) is 36.4 Å². The lowest BCUT2D eigenvalue weighted by Crippen LogP contribution is -2.30. The molecule has 6 nitrogen and oxygen atoms in total. The number of carbonyl (C=O) groups excluding carboxylic acids is 1. The van der Waals surface area contributed by atoms with Crippen LogP contribution in [0.3, 0.4) is 0 Å². The van der Waals surface area contributed by atoms with Gasteiger partial charge in [0.15, 0.2) is 5.58 Å².